The summed E-state index contributed by atoms with van der Waals surface area (Å²) in [6.07, 6.45) is 5.65. The molecule has 0 atom stereocenters. The molecule has 5 nitrogen and oxygen atoms in total. The average Bonchev–Trinajstić information content (AvgIpc) is 2.61. The predicted molar refractivity (Wildman–Crippen MR) is 94.0 cm³/mol. The van der Waals surface area contributed by atoms with Crippen LogP contribution >= 0.6 is 0 Å². The molecule has 0 bridgehead atoms. The van der Waals surface area contributed by atoms with E-state index in [1.807, 2.05) is 50.2 Å². The third-order valence-electron chi connectivity index (χ3n) is 3.65. The molecule has 0 saturated heterocycles. The number of para-hydroxylation sites is 1. The number of anilines is 1. The fraction of sp³-hybridized carbons (Fsp3) is 0.211. The van der Waals surface area contributed by atoms with Crippen LogP contribution in [0.3, 0.4) is 0 Å². The van der Waals surface area contributed by atoms with Crippen molar-refractivity contribution in [3.63, 3.8) is 0 Å². The van der Waals surface area contributed by atoms with Gasteiger partial charge in [-0.3, -0.25) is 9.78 Å². The number of amides is 1. The van der Waals surface area contributed by atoms with E-state index < -0.39 is 5.91 Å². The topological polar surface area (TPSA) is 77.8 Å². The summed E-state index contributed by atoms with van der Waals surface area (Å²) in [5.41, 5.74) is 3.86. The highest BCUT2D eigenvalue weighted by Crippen LogP contribution is 2.21. The molecule has 5 heteroatoms. The molecule has 0 aliphatic heterocycles. The lowest BCUT2D eigenvalue weighted by Gasteiger charge is -2.12. The maximum absolute atomic E-state index is 12.4. The molecular weight excluding hydrogens is 300 g/mol. The van der Waals surface area contributed by atoms with Crippen molar-refractivity contribution in [1.29, 1.82) is 5.26 Å². The molecule has 122 valence electrons. The fourth-order valence-corrected chi connectivity index (χ4v) is 2.30. The number of hydrogen-bond donors (Lipinski definition) is 2. The van der Waals surface area contributed by atoms with E-state index in [2.05, 4.69) is 15.6 Å². The Bertz CT molecular complexity index is 776. The molecular formula is C19H20N4O. The van der Waals surface area contributed by atoms with Crippen LogP contribution in [0.4, 0.5) is 5.69 Å². The summed E-state index contributed by atoms with van der Waals surface area (Å²) in [4.78, 5) is 16.3. The first-order valence-electron chi connectivity index (χ1n) is 7.78. The van der Waals surface area contributed by atoms with Crippen molar-refractivity contribution in [3.8, 4) is 6.07 Å². The smallest absolute Gasteiger partial charge is 0.267 e. The molecule has 0 fully saturated rings. The lowest BCUT2D eigenvalue weighted by molar-refractivity contribution is -0.112. The van der Waals surface area contributed by atoms with Gasteiger partial charge in [0.1, 0.15) is 11.6 Å². The van der Waals surface area contributed by atoms with Gasteiger partial charge >= 0.3 is 0 Å². The summed E-state index contributed by atoms with van der Waals surface area (Å²) in [6.45, 7) is 4.49. The number of carbonyl (C=O) groups excluding carboxylic acids is 1. The maximum Gasteiger partial charge on any atom is 0.267 e. The standard InChI is InChI=1S/C19H20N4O/c1-3-16-6-4-5-14(2)18(16)23-19(24)17(11-20)13-22-12-15-7-9-21-10-8-15/h4-10,13,22H,3,12H2,1-2H3,(H,23,24)/b17-13-. The van der Waals surface area contributed by atoms with Gasteiger partial charge in [0, 0.05) is 30.8 Å². The minimum Gasteiger partial charge on any atom is -0.386 e. The second-order valence-corrected chi connectivity index (χ2v) is 5.32. The van der Waals surface area contributed by atoms with E-state index in [-0.39, 0.29) is 5.57 Å². The lowest BCUT2D eigenvalue weighted by Crippen LogP contribution is -2.18. The van der Waals surface area contributed by atoms with Crippen molar-refractivity contribution in [2.24, 2.45) is 0 Å². The number of nitriles is 1. The minimum atomic E-state index is -0.413. The van der Waals surface area contributed by atoms with Crippen molar-refractivity contribution in [3.05, 3.63) is 71.2 Å². The molecule has 1 aromatic carbocycles. The number of aromatic nitrogens is 1. The largest absolute Gasteiger partial charge is 0.386 e. The molecule has 1 aromatic heterocycles. The Kier molecular flexibility index (Phi) is 6.09. The van der Waals surface area contributed by atoms with Crippen LogP contribution in [-0.2, 0) is 17.8 Å². The van der Waals surface area contributed by atoms with Crippen LogP contribution in [0.2, 0.25) is 0 Å². The van der Waals surface area contributed by atoms with Crippen LogP contribution in [-0.4, -0.2) is 10.9 Å². The Morgan fingerprint density at radius 2 is 2.04 bits per heavy atom. The third-order valence-corrected chi connectivity index (χ3v) is 3.65. The summed E-state index contributed by atoms with van der Waals surface area (Å²) in [7, 11) is 0. The average molecular weight is 320 g/mol. The Morgan fingerprint density at radius 3 is 2.71 bits per heavy atom. The molecule has 0 radical (unpaired) electrons. The monoisotopic (exact) mass is 320 g/mol. The van der Waals surface area contributed by atoms with E-state index >= 15 is 0 Å². The first-order valence-corrected chi connectivity index (χ1v) is 7.78. The van der Waals surface area contributed by atoms with Gasteiger partial charge in [-0.05, 0) is 42.2 Å². The first-order chi connectivity index (χ1) is 11.7. The first kappa shape index (κ1) is 17.2. The lowest BCUT2D eigenvalue weighted by atomic mass is 10.1. The Morgan fingerprint density at radius 1 is 1.29 bits per heavy atom. The van der Waals surface area contributed by atoms with Crippen molar-refractivity contribution in [2.75, 3.05) is 5.32 Å². The molecule has 2 rings (SSSR count). The quantitative estimate of drug-likeness (QED) is 0.633. The van der Waals surface area contributed by atoms with E-state index in [0.29, 0.717) is 6.54 Å². The van der Waals surface area contributed by atoms with Crippen molar-refractivity contribution in [1.82, 2.24) is 10.3 Å². The van der Waals surface area contributed by atoms with Crippen LogP contribution < -0.4 is 10.6 Å². The summed E-state index contributed by atoms with van der Waals surface area (Å²) in [5, 5.41) is 15.1. The Labute approximate surface area is 142 Å². The van der Waals surface area contributed by atoms with Crippen molar-refractivity contribution >= 4 is 11.6 Å². The molecule has 2 N–H and O–H groups in total. The van der Waals surface area contributed by atoms with Gasteiger partial charge in [0.15, 0.2) is 0 Å². The van der Waals surface area contributed by atoms with Crippen molar-refractivity contribution < 1.29 is 4.79 Å². The molecule has 2 aromatic rings. The zero-order valence-corrected chi connectivity index (χ0v) is 13.8. The fourth-order valence-electron chi connectivity index (χ4n) is 2.30. The van der Waals surface area contributed by atoms with E-state index in [1.165, 1.54) is 6.20 Å². The van der Waals surface area contributed by atoms with Gasteiger partial charge in [-0.2, -0.15) is 5.26 Å². The molecule has 0 saturated carbocycles. The second kappa shape index (κ2) is 8.49. The van der Waals surface area contributed by atoms with Crippen molar-refractivity contribution in [2.45, 2.75) is 26.8 Å². The van der Waals surface area contributed by atoms with Crippen LogP contribution in [0.1, 0.15) is 23.6 Å². The summed E-state index contributed by atoms with van der Waals surface area (Å²) < 4.78 is 0. The molecule has 1 heterocycles. The molecule has 1 amide bonds. The highest BCUT2D eigenvalue weighted by molar-refractivity contribution is 6.07. The van der Waals surface area contributed by atoms with Crippen LogP contribution in [0, 0.1) is 18.3 Å². The second-order valence-electron chi connectivity index (χ2n) is 5.32. The SMILES string of the molecule is CCc1cccc(C)c1NC(=O)/C(C#N)=C\NCc1ccncc1. The summed E-state index contributed by atoms with van der Waals surface area (Å²) >= 11 is 0. The number of hydrogen-bond acceptors (Lipinski definition) is 4. The summed E-state index contributed by atoms with van der Waals surface area (Å²) in [5.74, 6) is -0.413. The predicted octanol–water partition coefficient (Wildman–Crippen LogP) is 3.09. The zero-order chi connectivity index (χ0) is 17.4. The van der Waals surface area contributed by atoms with Gasteiger partial charge in [-0.25, -0.2) is 0 Å². The summed E-state index contributed by atoms with van der Waals surface area (Å²) in [6, 6.07) is 11.5. The highest BCUT2D eigenvalue weighted by atomic mass is 16.1. The number of benzene rings is 1. The normalized spacial score (nSPS) is 10.8. The highest BCUT2D eigenvalue weighted by Gasteiger charge is 2.12. The molecule has 24 heavy (non-hydrogen) atoms. The maximum atomic E-state index is 12.4. The molecule has 0 unspecified atom stereocenters. The van der Waals surface area contributed by atoms with E-state index in [9.17, 15) is 10.1 Å². The van der Waals surface area contributed by atoms with Gasteiger partial charge in [0.25, 0.3) is 5.91 Å². The van der Waals surface area contributed by atoms with Crippen LogP contribution in [0.5, 0.6) is 0 Å². The van der Waals surface area contributed by atoms with E-state index in [4.69, 9.17) is 0 Å². The molecule has 0 aliphatic carbocycles. The number of rotatable bonds is 6. The Balaban J connectivity index is 2.07. The number of nitrogens with one attached hydrogen (secondary N) is 2. The van der Waals surface area contributed by atoms with Gasteiger partial charge in [-0.15, -0.1) is 0 Å². The van der Waals surface area contributed by atoms with E-state index in [1.54, 1.807) is 12.4 Å². The molecule has 0 spiro atoms. The van der Waals surface area contributed by atoms with Gasteiger partial charge in [0.05, 0.1) is 0 Å². The zero-order valence-electron chi connectivity index (χ0n) is 13.8. The van der Waals surface area contributed by atoms with Gasteiger partial charge in [-0.1, -0.05) is 25.1 Å². The third kappa shape index (κ3) is 4.43. The van der Waals surface area contributed by atoms with E-state index in [0.717, 1.165) is 28.8 Å². The molecule has 0 aliphatic rings. The number of aryl methyl sites for hydroxylation is 2. The van der Waals surface area contributed by atoms with Gasteiger partial charge < -0.3 is 10.6 Å². The van der Waals surface area contributed by atoms with Crippen LogP contribution in [0.15, 0.2) is 54.5 Å². The number of nitrogens with zero attached hydrogens (tertiary/aromatic N) is 2. The number of pyridine rings is 1. The minimum absolute atomic E-state index is 0.0364. The Hall–Kier alpha value is -3.13. The van der Waals surface area contributed by atoms with Crippen LogP contribution in [0.25, 0.3) is 0 Å². The number of carbonyl (C=O) groups is 1. The van der Waals surface area contributed by atoms with Gasteiger partial charge in [0.2, 0.25) is 0 Å².